The highest BCUT2D eigenvalue weighted by Gasteiger charge is 2.05. The lowest BCUT2D eigenvalue weighted by molar-refractivity contribution is 0.476. The second-order valence-electron chi connectivity index (χ2n) is 4.25. The minimum absolute atomic E-state index is 0.173. The number of phenolic OH excluding ortho intramolecular Hbond substituents is 1. The van der Waals surface area contributed by atoms with E-state index < -0.39 is 0 Å². The lowest BCUT2D eigenvalue weighted by atomic mass is 10.0. The predicted molar refractivity (Wildman–Crippen MR) is 67.3 cm³/mol. The molecule has 0 unspecified atom stereocenters. The van der Waals surface area contributed by atoms with Crippen molar-refractivity contribution < 1.29 is 9.50 Å². The Labute approximate surface area is 99.9 Å². The molecule has 0 fully saturated rings. The molecule has 0 bridgehead atoms. The molecule has 0 saturated heterocycles. The van der Waals surface area contributed by atoms with Gasteiger partial charge >= 0.3 is 0 Å². The van der Waals surface area contributed by atoms with E-state index in [1.807, 2.05) is 13.8 Å². The second kappa shape index (κ2) is 4.47. The van der Waals surface area contributed by atoms with Crippen LogP contribution in [0.2, 0.25) is 0 Å². The van der Waals surface area contributed by atoms with E-state index >= 15 is 0 Å². The van der Waals surface area contributed by atoms with Gasteiger partial charge in [0.15, 0.2) is 0 Å². The summed E-state index contributed by atoms with van der Waals surface area (Å²) in [5, 5.41) is 10.9. The van der Waals surface area contributed by atoms with Crippen LogP contribution >= 0.6 is 0 Å². The highest BCUT2D eigenvalue weighted by atomic mass is 19.1. The summed E-state index contributed by atoms with van der Waals surface area (Å²) in [5.41, 5.74) is 0.399. The van der Waals surface area contributed by atoms with Crippen molar-refractivity contribution in [3.8, 4) is 17.6 Å². The third kappa shape index (κ3) is 2.39. The van der Waals surface area contributed by atoms with Gasteiger partial charge in [0.1, 0.15) is 11.6 Å². The molecular formula is C15H13FO. The van der Waals surface area contributed by atoms with Crippen LogP contribution in [0.25, 0.3) is 10.8 Å². The molecule has 2 heteroatoms. The topological polar surface area (TPSA) is 20.2 Å². The van der Waals surface area contributed by atoms with Crippen molar-refractivity contribution in [2.45, 2.75) is 13.8 Å². The summed E-state index contributed by atoms with van der Waals surface area (Å²) < 4.78 is 13.7. The number of phenols is 1. The molecule has 17 heavy (non-hydrogen) atoms. The number of aromatic hydroxyl groups is 1. The van der Waals surface area contributed by atoms with Crippen LogP contribution in [0.3, 0.4) is 0 Å². The third-order valence-corrected chi connectivity index (χ3v) is 2.44. The summed E-state index contributed by atoms with van der Waals surface area (Å²) in [7, 11) is 0. The average molecular weight is 228 g/mol. The van der Waals surface area contributed by atoms with Crippen molar-refractivity contribution >= 4 is 10.8 Å². The zero-order chi connectivity index (χ0) is 12.4. The molecule has 1 N–H and O–H groups in total. The molecule has 2 rings (SSSR count). The van der Waals surface area contributed by atoms with Gasteiger partial charge in [-0.05, 0) is 29.7 Å². The summed E-state index contributed by atoms with van der Waals surface area (Å²) in [6, 6.07) is 7.87. The van der Waals surface area contributed by atoms with E-state index in [2.05, 4.69) is 11.8 Å². The summed E-state index contributed by atoms with van der Waals surface area (Å²) in [6.07, 6.45) is 0. The normalized spacial score (nSPS) is 10.4. The van der Waals surface area contributed by atoms with Crippen LogP contribution in [0.5, 0.6) is 5.75 Å². The largest absolute Gasteiger partial charge is 0.508 e. The first-order chi connectivity index (χ1) is 8.08. The van der Waals surface area contributed by atoms with Gasteiger partial charge in [-0.1, -0.05) is 31.8 Å². The van der Waals surface area contributed by atoms with E-state index in [0.717, 1.165) is 10.8 Å². The predicted octanol–water partition coefficient (Wildman–Crippen LogP) is 3.69. The van der Waals surface area contributed by atoms with E-state index in [-0.39, 0.29) is 17.5 Å². The standard InChI is InChI=1S/C15H13FO/c1-10(2)3-6-14-13-7-5-12(17)9-11(13)4-8-15(14)16/h4-5,7-10,17H,1-2H3. The number of hydrogen-bond donors (Lipinski definition) is 1. The van der Waals surface area contributed by atoms with Gasteiger partial charge < -0.3 is 5.11 Å². The first kappa shape index (κ1) is 11.5. The Hall–Kier alpha value is -2.01. The lowest BCUT2D eigenvalue weighted by Crippen LogP contribution is -1.88. The molecule has 0 heterocycles. The molecule has 0 amide bonds. The number of halogens is 1. The number of fused-ring (bicyclic) bond motifs is 1. The van der Waals surface area contributed by atoms with Crippen LogP contribution < -0.4 is 0 Å². The maximum absolute atomic E-state index is 13.7. The van der Waals surface area contributed by atoms with Gasteiger partial charge in [0.05, 0.1) is 5.56 Å². The number of benzene rings is 2. The number of rotatable bonds is 0. The molecule has 0 atom stereocenters. The Balaban J connectivity index is 2.69. The van der Waals surface area contributed by atoms with Crippen LogP contribution in [0.15, 0.2) is 30.3 Å². The van der Waals surface area contributed by atoms with Gasteiger partial charge in [0.2, 0.25) is 0 Å². The monoisotopic (exact) mass is 228 g/mol. The second-order valence-corrected chi connectivity index (χ2v) is 4.25. The van der Waals surface area contributed by atoms with Crippen molar-refractivity contribution in [2.75, 3.05) is 0 Å². The van der Waals surface area contributed by atoms with E-state index in [4.69, 9.17) is 0 Å². The molecular weight excluding hydrogens is 215 g/mol. The summed E-state index contributed by atoms with van der Waals surface area (Å²) >= 11 is 0. The Kier molecular flexibility index (Phi) is 3.01. The van der Waals surface area contributed by atoms with Gasteiger partial charge in [-0.2, -0.15) is 0 Å². The summed E-state index contributed by atoms with van der Waals surface area (Å²) in [5.74, 6) is 5.87. The van der Waals surface area contributed by atoms with Crippen LogP contribution in [-0.2, 0) is 0 Å². The average Bonchev–Trinajstić information content (AvgIpc) is 2.27. The van der Waals surface area contributed by atoms with Gasteiger partial charge in [-0.15, -0.1) is 0 Å². The van der Waals surface area contributed by atoms with E-state index in [9.17, 15) is 9.50 Å². The molecule has 0 radical (unpaired) electrons. The minimum Gasteiger partial charge on any atom is -0.508 e. The molecule has 2 aromatic rings. The van der Waals surface area contributed by atoms with Crippen LogP contribution in [-0.4, -0.2) is 5.11 Å². The van der Waals surface area contributed by atoms with Crippen molar-refractivity contribution in [3.05, 3.63) is 41.7 Å². The van der Waals surface area contributed by atoms with E-state index in [0.29, 0.717) is 5.56 Å². The summed E-state index contributed by atoms with van der Waals surface area (Å²) in [4.78, 5) is 0. The van der Waals surface area contributed by atoms with Crippen molar-refractivity contribution in [1.82, 2.24) is 0 Å². The highest BCUT2D eigenvalue weighted by Crippen LogP contribution is 2.24. The van der Waals surface area contributed by atoms with Crippen LogP contribution in [0.4, 0.5) is 4.39 Å². The Morgan fingerprint density at radius 2 is 1.94 bits per heavy atom. The first-order valence-corrected chi connectivity index (χ1v) is 5.50. The number of hydrogen-bond acceptors (Lipinski definition) is 1. The fraction of sp³-hybridized carbons (Fsp3) is 0.200. The van der Waals surface area contributed by atoms with Gasteiger partial charge in [-0.25, -0.2) is 4.39 Å². The molecule has 86 valence electrons. The first-order valence-electron chi connectivity index (χ1n) is 5.50. The van der Waals surface area contributed by atoms with Gasteiger partial charge in [0.25, 0.3) is 0 Å². The fourth-order valence-corrected chi connectivity index (χ4v) is 1.63. The molecule has 0 spiro atoms. The minimum atomic E-state index is -0.323. The third-order valence-electron chi connectivity index (χ3n) is 2.44. The van der Waals surface area contributed by atoms with Crippen LogP contribution in [0.1, 0.15) is 19.4 Å². The van der Waals surface area contributed by atoms with E-state index in [1.54, 1.807) is 24.3 Å². The molecule has 0 saturated carbocycles. The van der Waals surface area contributed by atoms with Crippen molar-refractivity contribution in [3.63, 3.8) is 0 Å². The lowest BCUT2D eigenvalue weighted by Gasteiger charge is -2.03. The Morgan fingerprint density at radius 1 is 1.18 bits per heavy atom. The molecule has 0 aliphatic heterocycles. The van der Waals surface area contributed by atoms with Crippen LogP contribution in [0, 0.1) is 23.6 Å². The zero-order valence-electron chi connectivity index (χ0n) is 9.79. The SMILES string of the molecule is CC(C)C#Cc1c(F)ccc2cc(O)ccc12. The summed E-state index contributed by atoms with van der Waals surface area (Å²) in [6.45, 7) is 3.92. The maximum atomic E-state index is 13.7. The zero-order valence-corrected chi connectivity index (χ0v) is 9.79. The van der Waals surface area contributed by atoms with Crippen molar-refractivity contribution in [1.29, 1.82) is 0 Å². The molecule has 2 aromatic carbocycles. The fourth-order valence-electron chi connectivity index (χ4n) is 1.63. The van der Waals surface area contributed by atoms with Crippen molar-refractivity contribution in [2.24, 2.45) is 5.92 Å². The van der Waals surface area contributed by atoms with Gasteiger partial charge in [-0.3, -0.25) is 0 Å². The quantitative estimate of drug-likeness (QED) is 0.682. The maximum Gasteiger partial charge on any atom is 0.139 e. The van der Waals surface area contributed by atoms with E-state index in [1.165, 1.54) is 6.07 Å². The Morgan fingerprint density at radius 3 is 2.65 bits per heavy atom. The highest BCUT2D eigenvalue weighted by molar-refractivity contribution is 5.89. The molecule has 0 aromatic heterocycles. The van der Waals surface area contributed by atoms with Gasteiger partial charge in [0, 0.05) is 11.3 Å². The Bertz CT molecular complexity index is 618. The molecule has 1 nitrogen and oxygen atoms in total. The smallest absolute Gasteiger partial charge is 0.139 e. The molecule has 0 aliphatic rings. The molecule has 0 aliphatic carbocycles.